The van der Waals surface area contributed by atoms with Gasteiger partial charge >= 0.3 is 0 Å². The number of aromatic nitrogens is 1. The molecule has 1 aromatic carbocycles. The summed E-state index contributed by atoms with van der Waals surface area (Å²) in [7, 11) is 1.70. The fourth-order valence-corrected chi connectivity index (χ4v) is 4.34. The number of nitrogens with zero attached hydrogens (tertiary/aromatic N) is 1. The highest BCUT2D eigenvalue weighted by Crippen LogP contribution is 2.15. The highest BCUT2D eigenvalue weighted by atomic mass is 32.1. The van der Waals surface area contributed by atoms with Gasteiger partial charge in [0.15, 0.2) is 5.78 Å². The molecule has 24 heavy (non-hydrogen) atoms. The van der Waals surface area contributed by atoms with E-state index in [1.165, 1.54) is 15.9 Å². The molecule has 0 fully saturated rings. The highest BCUT2D eigenvalue weighted by Gasteiger charge is 2.08. The molecule has 3 rings (SSSR count). The molecule has 0 saturated carbocycles. The third-order valence-corrected chi connectivity index (χ3v) is 5.97. The second-order valence-electron chi connectivity index (χ2n) is 5.60. The van der Waals surface area contributed by atoms with Gasteiger partial charge in [-0.3, -0.25) is 9.59 Å². The van der Waals surface area contributed by atoms with Crippen LogP contribution < -0.4 is 14.8 Å². The molecule has 0 spiro atoms. The van der Waals surface area contributed by atoms with Gasteiger partial charge in [0.2, 0.25) is 0 Å². The number of rotatable bonds is 3. The molecule has 0 bridgehead atoms. The zero-order chi connectivity index (χ0) is 17.3. The summed E-state index contributed by atoms with van der Waals surface area (Å²) in [6.45, 7) is 3.93. The monoisotopic (exact) mass is 355 g/mol. The normalized spacial score (nSPS) is 12.8. The molecule has 0 atom stereocenters. The molecule has 5 heteroatoms. The summed E-state index contributed by atoms with van der Waals surface area (Å²) < 4.78 is 2.84. The molecule has 2 heterocycles. The van der Waals surface area contributed by atoms with E-state index in [0.29, 0.717) is 14.8 Å². The van der Waals surface area contributed by atoms with Gasteiger partial charge in [-0.15, -0.1) is 22.7 Å². The van der Waals surface area contributed by atoms with E-state index < -0.39 is 0 Å². The van der Waals surface area contributed by atoms with Crippen LogP contribution in [0, 0.1) is 13.8 Å². The Morgan fingerprint density at radius 1 is 1.12 bits per heavy atom. The van der Waals surface area contributed by atoms with Crippen molar-refractivity contribution in [1.29, 1.82) is 0 Å². The van der Waals surface area contributed by atoms with Crippen LogP contribution in [0.15, 0.2) is 40.5 Å². The minimum atomic E-state index is -0.0798. The first kappa shape index (κ1) is 16.6. The first-order chi connectivity index (χ1) is 11.5. The summed E-state index contributed by atoms with van der Waals surface area (Å²) in [6, 6.07) is 9.50. The Balaban J connectivity index is 2.11. The average molecular weight is 355 g/mol. The van der Waals surface area contributed by atoms with Gasteiger partial charge in [-0.05, 0) is 42.5 Å². The maximum atomic E-state index is 12.5. The van der Waals surface area contributed by atoms with Crippen LogP contribution >= 0.6 is 22.7 Å². The van der Waals surface area contributed by atoms with Crippen molar-refractivity contribution in [3.63, 3.8) is 0 Å². The molecule has 0 N–H and O–H groups in total. The zero-order valence-corrected chi connectivity index (χ0v) is 15.3. The highest BCUT2D eigenvalue weighted by molar-refractivity contribution is 7.11. The van der Waals surface area contributed by atoms with Gasteiger partial charge in [0.25, 0.3) is 5.56 Å². The van der Waals surface area contributed by atoms with Gasteiger partial charge in [-0.1, -0.05) is 24.3 Å². The number of ketones is 1. The Morgan fingerprint density at radius 2 is 1.88 bits per heavy atom. The number of Topliss-reactive ketones (excluding diaryl/α,β-unsaturated/α-hetero) is 1. The number of aryl methyl sites for hydroxylation is 2. The van der Waals surface area contributed by atoms with E-state index in [2.05, 4.69) is 0 Å². The predicted octanol–water partition coefficient (Wildman–Crippen LogP) is 2.62. The van der Waals surface area contributed by atoms with Gasteiger partial charge in [0.1, 0.15) is 4.66 Å². The number of benzene rings is 1. The number of hydrogen-bond acceptors (Lipinski definition) is 4. The van der Waals surface area contributed by atoms with Crippen molar-refractivity contribution in [2.75, 3.05) is 0 Å². The van der Waals surface area contributed by atoms with Crippen molar-refractivity contribution in [3.05, 3.63) is 76.8 Å². The van der Waals surface area contributed by atoms with E-state index in [1.54, 1.807) is 24.5 Å². The predicted molar refractivity (Wildman–Crippen MR) is 101 cm³/mol. The summed E-state index contributed by atoms with van der Waals surface area (Å²) in [6.07, 6.45) is 3.45. The van der Waals surface area contributed by atoms with Crippen LogP contribution in [0.3, 0.4) is 0 Å². The van der Waals surface area contributed by atoms with Gasteiger partial charge in [0, 0.05) is 23.6 Å². The molecule has 0 amide bonds. The summed E-state index contributed by atoms with van der Waals surface area (Å²) in [4.78, 5) is 26.0. The zero-order valence-electron chi connectivity index (χ0n) is 13.7. The van der Waals surface area contributed by atoms with Gasteiger partial charge in [-0.2, -0.15) is 0 Å². The molecule has 0 unspecified atom stereocenters. The van der Waals surface area contributed by atoms with Crippen molar-refractivity contribution >= 4 is 40.6 Å². The van der Waals surface area contributed by atoms with E-state index in [-0.39, 0.29) is 11.3 Å². The Bertz CT molecular complexity index is 1080. The van der Waals surface area contributed by atoms with Gasteiger partial charge in [-0.25, -0.2) is 0 Å². The lowest BCUT2D eigenvalue weighted by molar-refractivity contribution is 0.106. The van der Waals surface area contributed by atoms with Crippen molar-refractivity contribution < 1.29 is 4.79 Å². The van der Waals surface area contributed by atoms with Crippen molar-refractivity contribution in [2.45, 2.75) is 13.8 Å². The van der Waals surface area contributed by atoms with Crippen LogP contribution in [-0.2, 0) is 7.05 Å². The molecule has 3 nitrogen and oxygen atoms in total. The molecule has 0 saturated heterocycles. The average Bonchev–Trinajstić information content (AvgIpc) is 3.07. The number of hydrogen-bond donors (Lipinski definition) is 0. The van der Waals surface area contributed by atoms with E-state index in [1.807, 2.05) is 55.6 Å². The first-order valence-corrected chi connectivity index (χ1v) is 9.20. The fourth-order valence-electron chi connectivity index (χ4n) is 2.40. The van der Waals surface area contributed by atoms with Crippen molar-refractivity contribution in [2.24, 2.45) is 7.05 Å². The van der Waals surface area contributed by atoms with E-state index in [9.17, 15) is 9.59 Å². The molecule has 0 aliphatic heterocycles. The maximum absolute atomic E-state index is 12.5. The number of carbonyl (C=O) groups is 1. The van der Waals surface area contributed by atoms with Gasteiger partial charge < -0.3 is 4.57 Å². The SMILES string of the molecule is Cc1ccccc1C(=O)C=c1sc(=Cc2sccc2C)c(=O)n1C. The molecule has 3 aromatic rings. The van der Waals surface area contributed by atoms with Crippen LogP contribution in [0.5, 0.6) is 0 Å². The van der Waals surface area contributed by atoms with Crippen molar-refractivity contribution in [1.82, 2.24) is 4.57 Å². The lowest BCUT2D eigenvalue weighted by Gasteiger charge is -1.99. The third-order valence-electron chi connectivity index (χ3n) is 3.89. The Labute approximate surface area is 147 Å². The molecule has 122 valence electrons. The van der Waals surface area contributed by atoms with Crippen LogP contribution in [0.25, 0.3) is 12.2 Å². The number of carbonyl (C=O) groups excluding carboxylic acids is 1. The Kier molecular flexibility index (Phi) is 4.64. The van der Waals surface area contributed by atoms with E-state index in [4.69, 9.17) is 0 Å². The lowest BCUT2D eigenvalue weighted by Crippen LogP contribution is -2.29. The molecule has 0 radical (unpaired) electrons. The van der Waals surface area contributed by atoms with Crippen LogP contribution in [0.2, 0.25) is 0 Å². The minimum absolute atomic E-state index is 0.0726. The van der Waals surface area contributed by atoms with Crippen LogP contribution in [0.4, 0.5) is 0 Å². The molecule has 0 aliphatic carbocycles. The first-order valence-electron chi connectivity index (χ1n) is 7.50. The standard InChI is InChI=1S/C19H17NO2S2/c1-12-6-4-5-7-14(12)15(21)10-18-20(3)19(22)17(24-18)11-16-13(2)8-9-23-16/h4-11H,1-3H3. The number of thiazole rings is 1. The largest absolute Gasteiger partial charge is 0.302 e. The molecule has 2 aromatic heterocycles. The molecular weight excluding hydrogens is 338 g/mol. The Morgan fingerprint density at radius 3 is 2.54 bits per heavy atom. The maximum Gasteiger partial charge on any atom is 0.268 e. The van der Waals surface area contributed by atoms with E-state index >= 15 is 0 Å². The van der Waals surface area contributed by atoms with Gasteiger partial charge in [0.05, 0.1) is 4.53 Å². The summed E-state index contributed by atoms with van der Waals surface area (Å²) >= 11 is 2.95. The molecular formula is C19H17NO2S2. The van der Waals surface area contributed by atoms with Crippen molar-refractivity contribution in [3.8, 4) is 0 Å². The third kappa shape index (κ3) is 3.18. The lowest BCUT2D eigenvalue weighted by atomic mass is 10.1. The molecule has 0 aliphatic rings. The topological polar surface area (TPSA) is 39.1 Å². The quantitative estimate of drug-likeness (QED) is 0.678. The fraction of sp³-hybridized carbons (Fsp3) is 0.158. The van der Waals surface area contributed by atoms with Crippen LogP contribution in [-0.4, -0.2) is 10.4 Å². The Hall–Kier alpha value is -2.24. The minimum Gasteiger partial charge on any atom is -0.302 e. The summed E-state index contributed by atoms with van der Waals surface area (Å²) in [5.41, 5.74) is 2.67. The number of thiophene rings is 1. The summed E-state index contributed by atoms with van der Waals surface area (Å²) in [5.74, 6) is -0.0798. The second-order valence-corrected chi connectivity index (χ2v) is 7.61. The smallest absolute Gasteiger partial charge is 0.268 e. The van der Waals surface area contributed by atoms with E-state index in [0.717, 1.165) is 16.0 Å². The van der Waals surface area contributed by atoms with Crippen LogP contribution in [0.1, 0.15) is 26.4 Å². The second kappa shape index (κ2) is 6.71. The summed E-state index contributed by atoms with van der Waals surface area (Å²) in [5, 5.41) is 2.01.